The second kappa shape index (κ2) is 10.2. The van der Waals surface area contributed by atoms with Gasteiger partial charge in [-0.3, -0.25) is 9.59 Å². The van der Waals surface area contributed by atoms with Crippen LogP contribution in [-0.4, -0.2) is 70.0 Å². The van der Waals surface area contributed by atoms with E-state index in [-0.39, 0.29) is 70.2 Å². The minimum atomic E-state index is -0.694. The molecule has 2 fully saturated rings. The van der Waals surface area contributed by atoms with E-state index in [1.165, 1.54) is 24.3 Å². The number of hydrogen-bond acceptors (Lipinski definition) is 6. The van der Waals surface area contributed by atoms with Crippen molar-refractivity contribution in [2.24, 2.45) is 5.92 Å². The first-order valence-electron chi connectivity index (χ1n) is 12.6. The van der Waals surface area contributed by atoms with Crippen LogP contribution in [0.5, 0.6) is 11.5 Å². The van der Waals surface area contributed by atoms with E-state index >= 15 is 0 Å². The molecular weight excluding hydrogens is 499 g/mol. The number of benzene rings is 1. The standard InChI is InChI=1S/C27H30ClFN4O4/c1-3-20(35)32-11-12-33-17(13-32)14-37-25-22(27(33)36)26(30-15(2)16-7-4-5-8-16)31-24(23(25)28)21-18(29)9-6-10-19(21)34/h3,6,9-10,15-17,34H,1,4-5,7-8,11-14H2,2H3,(H,30,31)/t15-,17+/m0/s1. The lowest BCUT2D eigenvalue weighted by Crippen LogP contribution is -2.57. The van der Waals surface area contributed by atoms with E-state index in [1.807, 2.05) is 6.92 Å². The first-order chi connectivity index (χ1) is 17.8. The molecule has 1 aromatic carbocycles. The number of amides is 2. The summed E-state index contributed by atoms with van der Waals surface area (Å²) >= 11 is 6.74. The predicted octanol–water partition coefficient (Wildman–Crippen LogP) is 4.47. The summed E-state index contributed by atoms with van der Waals surface area (Å²) in [4.78, 5) is 34.1. The van der Waals surface area contributed by atoms with E-state index in [0.717, 1.165) is 25.7 Å². The number of piperazine rings is 1. The van der Waals surface area contributed by atoms with Crippen molar-refractivity contribution in [1.29, 1.82) is 0 Å². The normalized spacial score (nSPS) is 20.5. The highest BCUT2D eigenvalue weighted by atomic mass is 35.5. The van der Waals surface area contributed by atoms with Crippen LogP contribution in [-0.2, 0) is 4.79 Å². The number of fused-ring (bicyclic) bond motifs is 2. The van der Waals surface area contributed by atoms with E-state index < -0.39 is 11.9 Å². The average molecular weight is 529 g/mol. The molecule has 196 valence electrons. The molecule has 1 aromatic heterocycles. The van der Waals surface area contributed by atoms with E-state index in [2.05, 4.69) is 16.9 Å². The van der Waals surface area contributed by atoms with Crippen LogP contribution in [0.25, 0.3) is 11.3 Å². The molecule has 2 aliphatic heterocycles. The van der Waals surface area contributed by atoms with Crippen LogP contribution >= 0.6 is 11.6 Å². The fourth-order valence-corrected chi connectivity index (χ4v) is 5.89. The Morgan fingerprint density at radius 3 is 2.78 bits per heavy atom. The van der Waals surface area contributed by atoms with Gasteiger partial charge in [-0.1, -0.05) is 37.1 Å². The van der Waals surface area contributed by atoms with E-state index in [9.17, 15) is 19.1 Å². The summed E-state index contributed by atoms with van der Waals surface area (Å²) in [5, 5.41) is 13.8. The number of carbonyl (C=O) groups excluding carboxylic acids is 2. The second-order valence-electron chi connectivity index (χ2n) is 9.89. The molecule has 2 aromatic rings. The highest BCUT2D eigenvalue weighted by Gasteiger charge is 2.40. The molecule has 2 N–H and O–H groups in total. The lowest BCUT2D eigenvalue weighted by atomic mass is 9.99. The molecule has 3 aliphatic rings. The third kappa shape index (κ3) is 4.61. The first kappa shape index (κ1) is 25.3. The number of anilines is 1. The van der Waals surface area contributed by atoms with Gasteiger partial charge in [0.2, 0.25) is 5.91 Å². The highest BCUT2D eigenvalue weighted by Crippen LogP contribution is 2.45. The number of hydrogen-bond donors (Lipinski definition) is 2. The molecule has 1 saturated carbocycles. The Morgan fingerprint density at radius 2 is 2.08 bits per heavy atom. The van der Waals surface area contributed by atoms with Gasteiger partial charge in [-0.15, -0.1) is 0 Å². The Bertz CT molecular complexity index is 1230. The maximum absolute atomic E-state index is 14.9. The Hall–Kier alpha value is -3.33. The molecule has 0 spiro atoms. The Kier molecular flexibility index (Phi) is 6.98. The average Bonchev–Trinajstić information content (AvgIpc) is 3.39. The number of aromatic nitrogens is 1. The van der Waals surface area contributed by atoms with Gasteiger partial charge in [-0.25, -0.2) is 9.37 Å². The summed E-state index contributed by atoms with van der Waals surface area (Å²) in [5.74, 6) is -0.800. The zero-order valence-corrected chi connectivity index (χ0v) is 21.4. The van der Waals surface area contributed by atoms with Crippen LogP contribution in [0.2, 0.25) is 5.02 Å². The molecule has 10 heteroatoms. The van der Waals surface area contributed by atoms with Crippen molar-refractivity contribution < 1.29 is 23.8 Å². The van der Waals surface area contributed by atoms with Crippen molar-refractivity contribution in [3.63, 3.8) is 0 Å². The van der Waals surface area contributed by atoms with Gasteiger partial charge in [0.05, 0.1) is 11.6 Å². The van der Waals surface area contributed by atoms with Gasteiger partial charge in [0, 0.05) is 25.7 Å². The molecule has 5 rings (SSSR count). The summed E-state index contributed by atoms with van der Waals surface area (Å²) < 4.78 is 21.0. The Labute approximate surface area is 220 Å². The monoisotopic (exact) mass is 528 g/mol. The number of pyridine rings is 1. The number of phenolic OH excluding ortho intramolecular Hbond substituents is 1. The van der Waals surface area contributed by atoms with E-state index in [0.29, 0.717) is 19.0 Å². The maximum Gasteiger partial charge on any atom is 0.261 e. The smallest absolute Gasteiger partial charge is 0.261 e. The van der Waals surface area contributed by atoms with Gasteiger partial charge in [-0.2, -0.15) is 0 Å². The molecular formula is C27H30ClFN4O4. The van der Waals surface area contributed by atoms with Crippen LogP contribution in [0, 0.1) is 11.7 Å². The second-order valence-corrected chi connectivity index (χ2v) is 10.3. The summed E-state index contributed by atoms with van der Waals surface area (Å²) in [6.45, 7) is 6.66. The summed E-state index contributed by atoms with van der Waals surface area (Å²) in [6, 6.07) is 3.55. The van der Waals surface area contributed by atoms with Crippen LogP contribution in [0.1, 0.15) is 43.0 Å². The molecule has 1 saturated heterocycles. The van der Waals surface area contributed by atoms with Gasteiger partial charge in [-0.05, 0) is 43.9 Å². The van der Waals surface area contributed by atoms with Crippen LogP contribution in [0.4, 0.5) is 10.2 Å². The summed E-state index contributed by atoms with van der Waals surface area (Å²) in [7, 11) is 0. The van der Waals surface area contributed by atoms with Crippen molar-refractivity contribution in [3.8, 4) is 22.8 Å². The number of aromatic hydroxyl groups is 1. The van der Waals surface area contributed by atoms with Crippen LogP contribution in [0.3, 0.4) is 0 Å². The molecule has 2 amide bonds. The van der Waals surface area contributed by atoms with Crippen molar-refractivity contribution >= 4 is 29.2 Å². The fourth-order valence-electron chi connectivity index (χ4n) is 5.60. The third-order valence-corrected chi connectivity index (χ3v) is 8.01. The number of phenols is 1. The number of nitrogens with zero attached hydrogens (tertiary/aromatic N) is 3. The highest BCUT2D eigenvalue weighted by molar-refractivity contribution is 6.35. The van der Waals surface area contributed by atoms with Crippen LogP contribution in [0.15, 0.2) is 30.9 Å². The lowest BCUT2D eigenvalue weighted by molar-refractivity contribution is -0.128. The molecule has 8 nitrogen and oxygen atoms in total. The molecule has 1 aliphatic carbocycles. The SMILES string of the molecule is C=CC(=O)N1CCN2C(=O)c3c(N[C@@H](C)C4CCCC4)nc(-c4c(O)cccc4F)c(Cl)c3OC[C@H]2C1. The van der Waals surface area contributed by atoms with Gasteiger partial charge >= 0.3 is 0 Å². The first-order valence-corrected chi connectivity index (χ1v) is 13.0. The number of nitrogens with one attached hydrogen (secondary N) is 1. The lowest BCUT2D eigenvalue weighted by Gasteiger charge is -2.39. The van der Waals surface area contributed by atoms with Crippen molar-refractivity contribution in [1.82, 2.24) is 14.8 Å². The van der Waals surface area contributed by atoms with Gasteiger partial charge in [0.1, 0.15) is 40.3 Å². The van der Waals surface area contributed by atoms with E-state index in [1.54, 1.807) is 9.80 Å². The molecule has 0 radical (unpaired) electrons. The van der Waals surface area contributed by atoms with Crippen molar-refractivity contribution in [2.45, 2.75) is 44.7 Å². The summed E-state index contributed by atoms with van der Waals surface area (Å²) in [6.07, 6.45) is 5.68. The Morgan fingerprint density at radius 1 is 1.32 bits per heavy atom. The molecule has 3 heterocycles. The minimum absolute atomic E-state index is 0.00347. The number of ether oxygens (including phenoxy) is 1. The molecule has 0 bridgehead atoms. The zero-order chi connectivity index (χ0) is 26.3. The Balaban J connectivity index is 1.61. The number of carbonyl (C=O) groups is 2. The predicted molar refractivity (Wildman–Crippen MR) is 138 cm³/mol. The number of halogens is 2. The van der Waals surface area contributed by atoms with Crippen molar-refractivity contribution in [2.75, 3.05) is 31.6 Å². The maximum atomic E-state index is 14.9. The van der Waals surface area contributed by atoms with Gasteiger partial charge in [0.15, 0.2) is 5.75 Å². The molecule has 0 unspecified atom stereocenters. The largest absolute Gasteiger partial charge is 0.507 e. The van der Waals surface area contributed by atoms with Crippen LogP contribution < -0.4 is 10.1 Å². The summed E-state index contributed by atoms with van der Waals surface area (Å²) in [5.41, 5.74) is 0.0151. The minimum Gasteiger partial charge on any atom is -0.507 e. The van der Waals surface area contributed by atoms with Gasteiger partial charge < -0.3 is 25.0 Å². The quantitative estimate of drug-likeness (QED) is 0.556. The van der Waals surface area contributed by atoms with Crippen molar-refractivity contribution in [3.05, 3.63) is 47.3 Å². The third-order valence-electron chi connectivity index (χ3n) is 7.66. The fraction of sp³-hybridized carbons (Fsp3) is 0.444. The molecule has 2 atom stereocenters. The zero-order valence-electron chi connectivity index (χ0n) is 20.7. The van der Waals surface area contributed by atoms with Gasteiger partial charge in [0.25, 0.3) is 5.91 Å². The number of rotatable bonds is 5. The molecule has 37 heavy (non-hydrogen) atoms. The van der Waals surface area contributed by atoms with E-state index in [4.69, 9.17) is 16.3 Å². The topological polar surface area (TPSA) is 95.0 Å².